The molecule has 1 aromatic carbocycles. The average Bonchev–Trinajstić information content (AvgIpc) is 3.64. The third-order valence-electron chi connectivity index (χ3n) is 7.62. The molecule has 10 heteroatoms. The Balaban J connectivity index is 1.48. The number of carbonyl (C=O) groups excluding carboxylic acids is 1. The molecule has 3 fully saturated rings. The number of carbonyl (C=O) groups is 2. The highest BCUT2D eigenvalue weighted by Gasteiger charge is 2.53. The first kappa shape index (κ1) is 24.4. The topological polar surface area (TPSA) is 121 Å². The molecule has 9 nitrogen and oxygen atoms in total. The number of aromatic nitrogens is 1. The number of pyridine rings is 1. The number of aryl methyl sites for hydroxylation is 1. The van der Waals surface area contributed by atoms with Gasteiger partial charge in [0, 0.05) is 48.9 Å². The van der Waals surface area contributed by atoms with Crippen molar-refractivity contribution in [2.45, 2.75) is 76.7 Å². The molecule has 2 aromatic rings. The lowest BCUT2D eigenvalue weighted by molar-refractivity contribution is 0.0477. The molecule has 194 valence electrons. The van der Waals surface area contributed by atoms with Crippen LogP contribution < -0.4 is 15.6 Å². The summed E-state index contributed by atoms with van der Waals surface area (Å²) in [5, 5.41) is 23.4. The lowest BCUT2D eigenvalue weighted by atomic mass is 9.96. The number of aromatic hydroxyl groups is 1. The predicted octanol–water partition coefficient (Wildman–Crippen LogP) is 3.88. The van der Waals surface area contributed by atoms with E-state index >= 15 is 0 Å². The van der Waals surface area contributed by atoms with E-state index in [2.05, 4.69) is 10.2 Å². The number of hydrogen-bond acceptors (Lipinski definition) is 6. The van der Waals surface area contributed by atoms with Crippen LogP contribution in [0, 0.1) is 12.8 Å². The molecule has 1 aromatic heterocycles. The van der Waals surface area contributed by atoms with Gasteiger partial charge in [-0.05, 0) is 52.5 Å². The fourth-order valence-electron chi connectivity index (χ4n) is 5.57. The summed E-state index contributed by atoms with van der Waals surface area (Å²) in [7, 11) is 0. The van der Waals surface area contributed by atoms with Crippen LogP contribution in [0.15, 0.2) is 17.1 Å². The molecular formula is C26H32FN3O6. The number of phenols is 1. The third kappa shape index (κ3) is 4.16. The van der Waals surface area contributed by atoms with E-state index in [0.717, 1.165) is 19.3 Å². The molecule has 5 rings (SSSR count). The van der Waals surface area contributed by atoms with Crippen molar-refractivity contribution in [2.24, 2.45) is 5.92 Å². The van der Waals surface area contributed by atoms with E-state index in [4.69, 9.17) is 4.74 Å². The van der Waals surface area contributed by atoms with Crippen molar-refractivity contribution in [3.63, 3.8) is 0 Å². The Morgan fingerprint density at radius 1 is 1.28 bits per heavy atom. The summed E-state index contributed by atoms with van der Waals surface area (Å²) in [6, 6.07) is 0.927. The van der Waals surface area contributed by atoms with Crippen LogP contribution in [0.4, 0.5) is 14.9 Å². The molecule has 0 bridgehead atoms. The first-order chi connectivity index (χ1) is 16.8. The van der Waals surface area contributed by atoms with Gasteiger partial charge in [0.15, 0.2) is 0 Å². The summed E-state index contributed by atoms with van der Waals surface area (Å²) in [4.78, 5) is 39.1. The number of hydrogen-bond donors (Lipinski definition) is 3. The second kappa shape index (κ2) is 8.11. The number of nitrogens with zero attached hydrogens (tertiary/aromatic N) is 2. The van der Waals surface area contributed by atoms with E-state index in [9.17, 15) is 29.0 Å². The monoisotopic (exact) mass is 501 g/mol. The lowest BCUT2D eigenvalue weighted by Crippen LogP contribution is -2.45. The van der Waals surface area contributed by atoms with Crippen molar-refractivity contribution in [2.75, 3.05) is 18.0 Å². The molecule has 0 unspecified atom stereocenters. The van der Waals surface area contributed by atoms with Crippen LogP contribution >= 0.6 is 0 Å². The van der Waals surface area contributed by atoms with E-state index in [-0.39, 0.29) is 29.0 Å². The van der Waals surface area contributed by atoms with E-state index in [0.29, 0.717) is 29.9 Å². The van der Waals surface area contributed by atoms with Gasteiger partial charge in [-0.2, -0.15) is 0 Å². The van der Waals surface area contributed by atoms with E-state index in [1.54, 1.807) is 0 Å². The second-order valence-corrected chi connectivity index (χ2v) is 11.4. The maximum Gasteiger partial charge on any atom is 0.408 e. The Kier molecular flexibility index (Phi) is 5.50. The van der Waals surface area contributed by atoms with Gasteiger partial charge in [-0.15, -0.1) is 0 Å². The first-order valence-corrected chi connectivity index (χ1v) is 12.4. The van der Waals surface area contributed by atoms with Crippen LogP contribution in [-0.4, -0.2) is 57.2 Å². The van der Waals surface area contributed by atoms with Crippen LogP contribution in [0.1, 0.15) is 68.4 Å². The third-order valence-corrected chi connectivity index (χ3v) is 7.62. The van der Waals surface area contributed by atoms with Gasteiger partial charge < -0.3 is 29.7 Å². The minimum atomic E-state index is -1.41. The van der Waals surface area contributed by atoms with E-state index in [1.807, 2.05) is 27.7 Å². The van der Waals surface area contributed by atoms with Crippen LogP contribution in [0.2, 0.25) is 0 Å². The quantitative estimate of drug-likeness (QED) is 0.569. The van der Waals surface area contributed by atoms with Crippen LogP contribution in [0.3, 0.4) is 0 Å². The standard InChI is InChI=1S/C26H32FN3O6/c1-13-17(29-8-5-14(11-29)26(6-7-26)28-24(35)36-25(2,3)4)10-19(31)20-21(13)30(18-9-16(18)27)12-15(22(20)32)23(33)34/h10,12,14,16,18,31H,5-9,11H2,1-4H3,(H,28,35)(H,33,34)/t14-,16-,18-/m1/s1. The molecule has 3 atom stereocenters. The number of alkyl carbamates (subject to hydrolysis) is 1. The van der Waals surface area contributed by atoms with Crippen molar-refractivity contribution < 1.29 is 28.9 Å². The van der Waals surface area contributed by atoms with Crippen LogP contribution in [0.25, 0.3) is 10.9 Å². The Hall–Kier alpha value is -3.30. The Morgan fingerprint density at radius 3 is 2.50 bits per heavy atom. The van der Waals surface area contributed by atoms with Gasteiger partial charge in [0.25, 0.3) is 0 Å². The first-order valence-electron chi connectivity index (χ1n) is 12.4. The summed E-state index contributed by atoms with van der Waals surface area (Å²) >= 11 is 0. The maximum atomic E-state index is 14.1. The zero-order valence-corrected chi connectivity index (χ0v) is 20.9. The van der Waals surface area contributed by atoms with Crippen molar-refractivity contribution in [1.29, 1.82) is 0 Å². The number of anilines is 1. The number of fused-ring (bicyclic) bond motifs is 1. The number of carboxylic acids is 1. The summed E-state index contributed by atoms with van der Waals surface area (Å²) in [6.07, 6.45) is 2.42. The van der Waals surface area contributed by atoms with Crippen LogP contribution in [0.5, 0.6) is 5.75 Å². The molecule has 1 aliphatic heterocycles. The zero-order valence-electron chi connectivity index (χ0n) is 20.9. The van der Waals surface area contributed by atoms with Gasteiger partial charge in [0.1, 0.15) is 23.1 Å². The fourth-order valence-corrected chi connectivity index (χ4v) is 5.57. The predicted molar refractivity (Wildman–Crippen MR) is 132 cm³/mol. The molecule has 1 amide bonds. The van der Waals surface area contributed by atoms with Gasteiger partial charge in [0.2, 0.25) is 5.43 Å². The lowest BCUT2D eigenvalue weighted by Gasteiger charge is -2.28. The fraction of sp³-hybridized carbons (Fsp3) is 0.577. The SMILES string of the molecule is Cc1c(N2CC[C@@H](C3(NC(=O)OC(C)(C)C)CC3)C2)cc(O)c2c(=O)c(C(=O)O)cn([C@@H]3C[C@H]3F)c12. The zero-order chi connectivity index (χ0) is 26.2. The number of ether oxygens (including phenoxy) is 1. The Bertz CT molecular complexity index is 1330. The van der Waals surface area contributed by atoms with Gasteiger partial charge >= 0.3 is 12.1 Å². The minimum absolute atomic E-state index is 0.101. The largest absolute Gasteiger partial charge is 0.507 e. The van der Waals surface area contributed by atoms with Gasteiger partial charge in [0.05, 0.1) is 16.9 Å². The average molecular weight is 502 g/mol. The molecule has 0 spiro atoms. The molecule has 1 saturated heterocycles. The van der Waals surface area contributed by atoms with Gasteiger partial charge in [-0.3, -0.25) is 4.79 Å². The number of aromatic carboxylic acids is 1. The molecule has 3 N–H and O–H groups in total. The smallest absolute Gasteiger partial charge is 0.408 e. The maximum absolute atomic E-state index is 14.1. The summed E-state index contributed by atoms with van der Waals surface area (Å²) in [6.45, 7) is 8.59. The van der Waals surface area contributed by atoms with Crippen molar-refractivity contribution >= 4 is 28.7 Å². The van der Waals surface area contributed by atoms with Crippen LogP contribution in [-0.2, 0) is 4.74 Å². The number of alkyl halides is 1. The molecule has 36 heavy (non-hydrogen) atoms. The van der Waals surface area contributed by atoms with E-state index < -0.39 is 40.9 Å². The van der Waals surface area contributed by atoms with Crippen molar-refractivity contribution in [3.8, 4) is 5.75 Å². The number of rotatable bonds is 5. The normalized spacial score (nSPS) is 24.6. The molecule has 0 radical (unpaired) electrons. The number of nitrogens with one attached hydrogen (secondary N) is 1. The second-order valence-electron chi connectivity index (χ2n) is 11.4. The molecule has 2 heterocycles. The molecule has 2 aliphatic carbocycles. The highest BCUT2D eigenvalue weighted by Crippen LogP contribution is 2.48. The molecule has 2 saturated carbocycles. The Morgan fingerprint density at radius 2 is 1.94 bits per heavy atom. The number of carboxylic acid groups (broad SMARTS) is 1. The molecule has 3 aliphatic rings. The minimum Gasteiger partial charge on any atom is -0.507 e. The highest BCUT2D eigenvalue weighted by molar-refractivity contribution is 5.98. The van der Waals surface area contributed by atoms with Crippen molar-refractivity contribution in [3.05, 3.63) is 33.6 Å². The highest BCUT2D eigenvalue weighted by atomic mass is 19.1. The summed E-state index contributed by atoms with van der Waals surface area (Å²) in [5.41, 5.74) is -0.425. The number of halogens is 1. The summed E-state index contributed by atoms with van der Waals surface area (Å²) < 4.78 is 21.0. The van der Waals surface area contributed by atoms with Crippen molar-refractivity contribution in [1.82, 2.24) is 9.88 Å². The number of phenolic OH excluding ortho intramolecular Hbond substituents is 1. The van der Waals surface area contributed by atoms with E-state index in [1.165, 1.54) is 16.8 Å². The van der Waals surface area contributed by atoms with Gasteiger partial charge in [-0.25, -0.2) is 14.0 Å². The Labute approximate surface area is 207 Å². The summed E-state index contributed by atoms with van der Waals surface area (Å²) in [5.74, 6) is -1.56. The number of amides is 1. The molecular weight excluding hydrogens is 469 g/mol. The number of benzene rings is 1. The van der Waals surface area contributed by atoms with Gasteiger partial charge in [-0.1, -0.05) is 0 Å².